The summed E-state index contributed by atoms with van der Waals surface area (Å²) in [6.45, 7) is 0.0185. The third kappa shape index (κ3) is 2.33. The molecule has 0 aromatic carbocycles. The van der Waals surface area contributed by atoms with Crippen LogP contribution in [0.5, 0.6) is 0 Å². The molecule has 0 unspecified atom stereocenters. The summed E-state index contributed by atoms with van der Waals surface area (Å²) < 4.78 is 0. The quantitative estimate of drug-likeness (QED) is 0.588. The second kappa shape index (κ2) is 3.85. The number of hydrogen-bond donors (Lipinski definition) is 1. The second-order valence-corrected chi connectivity index (χ2v) is 2.62. The van der Waals surface area contributed by atoms with Crippen molar-refractivity contribution in [1.29, 1.82) is 0 Å². The first-order valence-corrected chi connectivity index (χ1v) is 3.71. The maximum Gasteiger partial charge on any atom is 0.109 e. The van der Waals surface area contributed by atoms with Crippen LogP contribution in [0.3, 0.4) is 0 Å². The van der Waals surface area contributed by atoms with Crippen LogP contribution in [-0.2, 0) is 0 Å². The van der Waals surface area contributed by atoms with Gasteiger partial charge in [0.2, 0.25) is 0 Å². The van der Waals surface area contributed by atoms with Crippen molar-refractivity contribution in [2.75, 3.05) is 6.73 Å². The summed E-state index contributed by atoms with van der Waals surface area (Å²) in [5.41, 5.74) is 0. The maximum absolute atomic E-state index is 8.45. The van der Waals surface area contributed by atoms with Gasteiger partial charge < -0.3 is 5.11 Å². The van der Waals surface area contributed by atoms with Crippen molar-refractivity contribution in [3.63, 3.8) is 0 Å². The van der Waals surface area contributed by atoms with Crippen LogP contribution in [-0.4, -0.2) is 17.9 Å². The van der Waals surface area contributed by atoms with Gasteiger partial charge in [-0.05, 0) is 12.8 Å². The minimum absolute atomic E-state index is 0.0185. The van der Waals surface area contributed by atoms with Gasteiger partial charge in [-0.2, -0.15) is 0 Å². The molecule has 2 heteroatoms. The lowest BCUT2D eigenvalue weighted by molar-refractivity contribution is 0.216. The highest BCUT2D eigenvalue weighted by Crippen LogP contribution is 2.17. The molecule has 0 spiro atoms. The topological polar surface area (TPSA) is 34.3 Å². The number of rotatable bonds is 2. The molecule has 1 saturated carbocycles. The van der Waals surface area contributed by atoms with Gasteiger partial charge in [-0.15, -0.1) is 0 Å². The molecule has 0 aromatic rings. The van der Waals surface area contributed by atoms with E-state index in [9.17, 15) is 0 Å². The SMILES string of the molecule is OC[N]C1CCCCC1. The Balaban J connectivity index is 2.08. The van der Waals surface area contributed by atoms with Gasteiger partial charge in [0.15, 0.2) is 0 Å². The van der Waals surface area contributed by atoms with Gasteiger partial charge >= 0.3 is 0 Å². The molecule has 1 N–H and O–H groups in total. The predicted octanol–water partition coefficient (Wildman–Crippen LogP) is 0.873. The fourth-order valence-electron chi connectivity index (χ4n) is 1.38. The number of nitrogens with zero attached hydrogens (tertiary/aromatic N) is 1. The minimum atomic E-state index is 0.0185. The summed E-state index contributed by atoms with van der Waals surface area (Å²) >= 11 is 0. The van der Waals surface area contributed by atoms with Crippen LogP contribution in [0.4, 0.5) is 0 Å². The summed E-state index contributed by atoms with van der Waals surface area (Å²) in [5, 5.41) is 12.5. The van der Waals surface area contributed by atoms with Crippen LogP contribution in [0.1, 0.15) is 32.1 Å². The van der Waals surface area contributed by atoms with E-state index in [0.717, 1.165) is 0 Å². The van der Waals surface area contributed by atoms with Crippen LogP contribution < -0.4 is 5.32 Å². The molecule has 1 fully saturated rings. The molecule has 1 aliphatic carbocycles. The summed E-state index contributed by atoms with van der Waals surface area (Å²) in [6.07, 6.45) is 6.35. The van der Waals surface area contributed by atoms with Gasteiger partial charge in [0.05, 0.1) is 0 Å². The summed E-state index contributed by atoms with van der Waals surface area (Å²) in [7, 11) is 0. The molecule has 1 rings (SSSR count). The van der Waals surface area contributed by atoms with Crippen molar-refractivity contribution in [2.45, 2.75) is 38.1 Å². The largest absolute Gasteiger partial charge is 0.380 e. The fraction of sp³-hybridized carbons (Fsp3) is 1.00. The zero-order chi connectivity index (χ0) is 6.53. The minimum Gasteiger partial charge on any atom is -0.380 e. The van der Waals surface area contributed by atoms with Crippen LogP contribution in [0, 0.1) is 0 Å². The fourth-order valence-corrected chi connectivity index (χ4v) is 1.38. The maximum atomic E-state index is 8.45. The molecular weight excluding hydrogens is 114 g/mol. The Morgan fingerprint density at radius 3 is 2.44 bits per heavy atom. The van der Waals surface area contributed by atoms with Gasteiger partial charge in [-0.3, -0.25) is 0 Å². The lowest BCUT2D eigenvalue weighted by atomic mass is 9.96. The third-order valence-corrected chi connectivity index (χ3v) is 1.91. The van der Waals surface area contributed by atoms with Gasteiger partial charge in [0, 0.05) is 6.04 Å². The monoisotopic (exact) mass is 128 g/mol. The average molecular weight is 128 g/mol. The van der Waals surface area contributed by atoms with Crippen molar-refractivity contribution in [2.24, 2.45) is 0 Å². The molecule has 0 aromatic heterocycles. The zero-order valence-corrected chi connectivity index (χ0v) is 5.71. The highest BCUT2D eigenvalue weighted by atomic mass is 16.3. The Kier molecular flexibility index (Phi) is 3.01. The molecule has 0 aliphatic heterocycles. The molecule has 0 atom stereocenters. The molecule has 0 bridgehead atoms. The van der Waals surface area contributed by atoms with E-state index in [1.54, 1.807) is 0 Å². The van der Waals surface area contributed by atoms with Crippen LogP contribution >= 0.6 is 0 Å². The van der Waals surface area contributed by atoms with E-state index < -0.39 is 0 Å². The van der Waals surface area contributed by atoms with Gasteiger partial charge in [0.25, 0.3) is 0 Å². The van der Waals surface area contributed by atoms with E-state index in [2.05, 4.69) is 5.32 Å². The molecule has 9 heavy (non-hydrogen) atoms. The summed E-state index contributed by atoms with van der Waals surface area (Å²) in [4.78, 5) is 0. The van der Waals surface area contributed by atoms with E-state index in [1.807, 2.05) is 0 Å². The smallest absolute Gasteiger partial charge is 0.109 e. The number of aliphatic hydroxyl groups excluding tert-OH is 1. The molecule has 1 radical (unpaired) electrons. The van der Waals surface area contributed by atoms with E-state index >= 15 is 0 Å². The number of aliphatic hydroxyl groups is 1. The standard InChI is InChI=1S/C7H14NO/c9-6-8-7-4-2-1-3-5-7/h7,9H,1-6H2. The zero-order valence-electron chi connectivity index (χ0n) is 5.71. The van der Waals surface area contributed by atoms with Crippen molar-refractivity contribution in [3.05, 3.63) is 0 Å². The Hall–Kier alpha value is -0.0800. The van der Waals surface area contributed by atoms with Crippen LogP contribution in [0.15, 0.2) is 0 Å². The predicted molar refractivity (Wildman–Crippen MR) is 36.1 cm³/mol. The molecule has 0 saturated heterocycles. The van der Waals surface area contributed by atoms with E-state index in [4.69, 9.17) is 5.11 Å². The van der Waals surface area contributed by atoms with Crippen molar-refractivity contribution < 1.29 is 5.11 Å². The Morgan fingerprint density at radius 1 is 1.22 bits per heavy atom. The van der Waals surface area contributed by atoms with Crippen molar-refractivity contribution >= 4 is 0 Å². The highest BCUT2D eigenvalue weighted by Gasteiger charge is 2.12. The summed E-state index contributed by atoms with van der Waals surface area (Å²) in [5.74, 6) is 0. The normalized spacial score (nSPS) is 22.3. The first-order valence-electron chi connectivity index (χ1n) is 3.71. The van der Waals surface area contributed by atoms with Crippen molar-refractivity contribution in [3.8, 4) is 0 Å². The molecule has 1 aliphatic rings. The van der Waals surface area contributed by atoms with Gasteiger partial charge in [-0.25, -0.2) is 5.32 Å². The van der Waals surface area contributed by atoms with E-state index in [1.165, 1.54) is 32.1 Å². The van der Waals surface area contributed by atoms with E-state index in [-0.39, 0.29) is 6.73 Å². The van der Waals surface area contributed by atoms with Crippen molar-refractivity contribution in [1.82, 2.24) is 5.32 Å². The molecule has 2 nitrogen and oxygen atoms in total. The molecule has 53 valence electrons. The molecular formula is C7H14NO. The lowest BCUT2D eigenvalue weighted by Gasteiger charge is -2.19. The second-order valence-electron chi connectivity index (χ2n) is 2.62. The highest BCUT2D eigenvalue weighted by molar-refractivity contribution is 4.69. The Morgan fingerprint density at radius 2 is 1.89 bits per heavy atom. The third-order valence-electron chi connectivity index (χ3n) is 1.91. The number of hydrogen-bond acceptors (Lipinski definition) is 1. The Labute approximate surface area is 56.3 Å². The van der Waals surface area contributed by atoms with Gasteiger partial charge in [0.1, 0.15) is 6.73 Å². The van der Waals surface area contributed by atoms with Crippen LogP contribution in [0.25, 0.3) is 0 Å². The van der Waals surface area contributed by atoms with E-state index in [0.29, 0.717) is 6.04 Å². The summed E-state index contributed by atoms with van der Waals surface area (Å²) in [6, 6.07) is 0.476. The van der Waals surface area contributed by atoms with Crippen LogP contribution in [0.2, 0.25) is 0 Å². The first-order chi connectivity index (χ1) is 4.43. The average Bonchev–Trinajstić information content (AvgIpc) is 1.91. The lowest BCUT2D eigenvalue weighted by Crippen LogP contribution is -2.25. The molecule has 0 amide bonds. The Bertz CT molecular complexity index is 66.6. The van der Waals surface area contributed by atoms with Gasteiger partial charge in [-0.1, -0.05) is 19.3 Å². The molecule has 0 heterocycles. The first kappa shape index (κ1) is 7.03.